The van der Waals surface area contributed by atoms with E-state index in [0.717, 1.165) is 6.42 Å². The number of aromatic nitrogens is 1. The molecule has 0 saturated heterocycles. The average molecular weight is 271 g/mol. The molecule has 0 atom stereocenters. The summed E-state index contributed by atoms with van der Waals surface area (Å²) in [6.07, 6.45) is 2.51. The fraction of sp³-hybridized carbons (Fsp3) is 0.583. The molecule has 1 aromatic rings. The summed E-state index contributed by atoms with van der Waals surface area (Å²) in [6.45, 7) is 7.31. The highest BCUT2D eigenvalue weighted by molar-refractivity contribution is 7.89. The standard InChI is InChI=1S/C12H21N3O2S/c1-4-9-13-12-11(8-7-10-14-12)18(16,17)15(5-2)6-3/h7-8,10H,4-6,9H2,1-3H3,(H,13,14). The number of rotatable bonds is 7. The molecule has 5 nitrogen and oxygen atoms in total. The van der Waals surface area contributed by atoms with E-state index in [4.69, 9.17) is 0 Å². The normalized spacial score (nSPS) is 11.8. The molecule has 18 heavy (non-hydrogen) atoms. The van der Waals surface area contributed by atoms with Crippen LogP contribution in [0.15, 0.2) is 23.2 Å². The zero-order valence-electron chi connectivity index (χ0n) is 11.2. The molecule has 1 rings (SSSR count). The summed E-state index contributed by atoms with van der Waals surface area (Å²) < 4.78 is 26.3. The molecule has 0 aliphatic heterocycles. The van der Waals surface area contributed by atoms with Gasteiger partial charge in [0.1, 0.15) is 10.7 Å². The third-order valence-corrected chi connectivity index (χ3v) is 4.72. The quantitative estimate of drug-likeness (QED) is 0.823. The number of hydrogen-bond acceptors (Lipinski definition) is 4. The van der Waals surface area contributed by atoms with Gasteiger partial charge >= 0.3 is 0 Å². The van der Waals surface area contributed by atoms with E-state index in [1.54, 1.807) is 18.3 Å². The number of hydrogen-bond donors (Lipinski definition) is 1. The molecule has 6 heteroatoms. The van der Waals surface area contributed by atoms with E-state index in [1.807, 2.05) is 20.8 Å². The summed E-state index contributed by atoms with van der Waals surface area (Å²) in [5.74, 6) is 0.436. The van der Waals surface area contributed by atoms with Gasteiger partial charge in [0.15, 0.2) is 0 Å². The number of sulfonamides is 1. The van der Waals surface area contributed by atoms with Crippen molar-refractivity contribution >= 4 is 15.8 Å². The van der Waals surface area contributed by atoms with Gasteiger partial charge < -0.3 is 5.32 Å². The van der Waals surface area contributed by atoms with Crippen molar-refractivity contribution < 1.29 is 8.42 Å². The van der Waals surface area contributed by atoms with Crippen LogP contribution in [-0.2, 0) is 10.0 Å². The van der Waals surface area contributed by atoms with E-state index < -0.39 is 10.0 Å². The van der Waals surface area contributed by atoms with Gasteiger partial charge in [-0.05, 0) is 18.6 Å². The summed E-state index contributed by atoms with van der Waals surface area (Å²) in [5, 5.41) is 3.06. The zero-order chi connectivity index (χ0) is 13.6. The SMILES string of the molecule is CCCNc1ncccc1S(=O)(=O)N(CC)CC. The minimum atomic E-state index is -3.45. The van der Waals surface area contributed by atoms with E-state index in [2.05, 4.69) is 10.3 Å². The second-order valence-corrected chi connectivity index (χ2v) is 5.77. The predicted molar refractivity (Wildman–Crippen MR) is 73.1 cm³/mol. The summed E-state index contributed by atoms with van der Waals surface area (Å²) >= 11 is 0. The molecule has 0 fully saturated rings. The third kappa shape index (κ3) is 3.20. The maximum atomic E-state index is 12.4. The lowest BCUT2D eigenvalue weighted by Crippen LogP contribution is -2.31. The molecule has 0 unspecified atom stereocenters. The van der Waals surface area contributed by atoms with Crippen molar-refractivity contribution in [3.05, 3.63) is 18.3 Å². The Kier molecular flexibility index (Phi) is 5.55. The summed E-state index contributed by atoms with van der Waals surface area (Å²) in [5.41, 5.74) is 0. The first-order chi connectivity index (χ1) is 8.57. The Morgan fingerprint density at radius 3 is 2.50 bits per heavy atom. The van der Waals surface area contributed by atoms with E-state index in [-0.39, 0.29) is 4.90 Å². The van der Waals surface area contributed by atoms with Crippen LogP contribution >= 0.6 is 0 Å². The molecule has 0 aliphatic rings. The van der Waals surface area contributed by atoms with Crippen molar-refractivity contribution in [1.82, 2.24) is 9.29 Å². The first-order valence-electron chi connectivity index (χ1n) is 6.26. The van der Waals surface area contributed by atoms with Crippen LogP contribution in [0.4, 0.5) is 5.82 Å². The smallest absolute Gasteiger partial charge is 0.246 e. The molecule has 1 N–H and O–H groups in total. The molecular weight excluding hydrogens is 250 g/mol. The Labute approximate surface area is 109 Å². The van der Waals surface area contributed by atoms with Crippen LogP contribution in [0.3, 0.4) is 0 Å². The lowest BCUT2D eigenvalue weighted by molar-refractivity contribution is 0.445. The molecule has 1 aromatic heterocycles. The topological polar surface area (TPSA) is 62.3 Å². The molecular formula is C12H21N3O2S. The highest BCUT2D eigenvalue weighted by Gasteiger charge is 2.24. The van der Waals surface area contributed by atoms with Crippen LogP contribution < -0.4 is 5.32 Å². The fourth-order valence-corrected chi connectivity index (χ4v) is 3.26. The Balaban J connectivity index is 3.15. The van der Waals surface area contributed by atoms with E-state index >= 15 is 0 Å². The first-order valence-corrected chi connectivity index (χ1v) is 7.70. The van der Waals surface area contributed by atoms with Crippen LogP contribution in [0.25, 0.3) is 0 Å². The van der Waals surface area contributed by atoms with Crippen LogP contribution in [0.1, 0.15) is 27.2 Å². The van der Waals surface area contributed by atoms with Gasteiger partial charge in [0.2, 0.25) is 10.0 Å². The van der Waals surface area contributed by atoms with Crippen molar-refractivity contribution in [2.75, 3.05) is 25.0 Å². The predicted octanol–water partition coefficient (Wildman–Crippen LogP) is 1.93. The number of anilines is 1. The summed E-state index contributed by atoms with van der Waals surface area (Å²) in [6, 6.07) is 3.24. The van der Waals surface area contributed by atoms with Gasteiger partial charge in [0.05, 0.1) is 0 Å². The second kappa shape index (κ2) is 6.70. The molecule has 1 heterocycles. The molecule has 0 radical (unpaired) electrons. The van der Waals surface area contributed by atoms with Crippen molar-refractivity contribution in [3.8, 4) is 0 Å². The van der Waals surface area contributed by atoms with Crippen molar-refractivity contribution in [1.29, 1.82) is 0 Å². The van der Waals surface area contributed by atoms with Gasteiger partial charge in [-0.25, -0.2) is 13.4 Å². The van der Waals surface area contributed by atoms with Gasteiger partial charge in [-0.1, -0.05) is 20.8 Å². The molecule has 0 bridgehead atoms. The maximum Gasteiger partial charge on any atom is 0.246 e. The van der Waals surface area contributed by atoms with Crippen LogP contribution in [-0.4, -0.2) is 37.3 Å². The van der Waals surface area contributed by atoms with Crippen LogP contribution in [0.2, 0.25) is 0 Å². The summed E-state index contributed by atoms with van der Waals surface area (Å²) in [4.78, 5) is 4.37. The van der Waals surface area contributed by atoms with Gasteiger partial charge in [-0.15, -0.1) is 0 Å². The summed E-state index contributed by atoms with van der Waals surface area (Å²) in [7, 11) is -3.45. The largest absolute Gasteiger partial charge is 0.369 e. The minimum Gasteiger partial charge on any atom is -0.369 e. The number of nitrogens with one attached hydrogen (secondary N) is 1. The number of pyridine rings is 1. The zero-order valence-corrected chi connectivity index (χ0v) is 12.0. The molecule has 0 aliphatic carbocycles. The van der Waals surface area contributed by atoms with Gasteiger partial charge in [0.25, 0.3) is 0 Å². The minimum absolute atomic E-state index is 0.252. The Morgan fingerprint density at radius 1 is 1.28 bits per heavy atom. The van der Waals surface area contributed by atoms with Gasteiger partial charge in [-0.2, -0.15) is 4.31 Å². The van der Waals surface area contributed by atoms with Crippen LogP contribution in [0, 0.1) is 0 Å². The van der Waals surface area contributed by atoms with E-state index in [0.29, 0.717) is 25.5 Å². The molecule has 0 amide bonds. The lowest BCUT2D eigenvalue weighted by atomic mass is 10.4. The molecule has 0 aromatic carbocycles. The lowest BCUT2D eigenvalue weighted by Gasteiger charge is -2.20. The third-order valence-electron chi connectivity index (χ3n) is 2.64. The Bertz CT molecular complexity index is 470. The first kappa shape index (κ1) is 14.9. The second-order valence-electron chi connectivity index (χ2n) is 3.87. The van der Waals surface area contributed by atoms with Gasteiger partial charge in [-0.3, -0.25) is 0 Å². The molecule has 102 valence electrons. The van der Waals surface area contributed by atoms with Crippen LogP contribution in [0.5, 0.6) is 0 Å². The highest BCUT2D eigenvalue weighted by atomic mass is 32.2. The van der Waals surface area contributed by atoms with Gasteiger partial charge in [0, 0.05) is 25.8 Å². The maximum absolute atomic E-state index is 12.4. The van der Waals surface area contributed by atoms with Crippen molar-refractivity contribution in [2.45, 2.75) is 32.1 Å². The Hall–Kier alpha value is -1.14. The van der Waals surface area contributed by atoms with Crippen molar-refractivity contribution in [3.63, 3.8) is 0 Å². The molecule has 0 spiro atoms. The molecule has 0 saturated carbocycles. The fourth-order valence-electron chi connectivity index (χ4n) is 1.68. The highest BCUT2D eigenvalue weighted by Crippen LogP contribution is 2.22. The Morgan fingerprint density at radius 2 is 1.94 bits per heavy atom. The monoisotopic (exact) mass is 271 g/mol. The van der Waals surface area contributed by atoms with Crippen molar-refractivity contribution in [2.24, 2.45) is 0 Å². The average Bonchev–Trinajstić information content (AvgIpc) is 2.37. The van der Waals surface area contributed by atoms with E-state index in [1.165, 1.54) is 4.31 Å². The number of nitrogens with zero attached hydrogens (tertiary/aromatic N) is 2. The van der Waals surface area contributed by atoms with E-state index in [9.17, 15) is 8.42 Å².